The molecule has 33 heavy (non-hydrogen) atoms. The highest BCUT2D eigenvalue weighted by Crippen LogP contribution is 2.33. The number of hydrogen-bond acceptors (Lipinski definition) is 5. The lowest BCUT2D eigenvalue weighted by molar-refractivity contribution is -0.128. The van der Waals surface area contributed by atoms with Crippen molar-refractivity contribution < 1.29 is 14.3 Å². The smallest absolute Gasteiger partial charge is 0.242 e. The number of amides is 2. The highest BCUT2D eigenvalue weighted by molar-refractivity contribution is 8.15. The number of para-hydroxylation sites is 3. The molecule has 1 heterocycles. The first-order chi connectivity index (χ1) is 16.1. The van der Waals surface area contributed by atoms with Crippen molar-refractivity contribution in [2.24, 2.45) is 4.99 Å². The lowest BCUT2D eigenvalue weighted by Crippen LogP contribution is -2.33. The molecule has 0 saturated carbocycles. The van der Waals surface area contributed by atoms with Gasteiger partial charge in [-0.3, -0.25) is 14.5 Å². The number of anilines is 1. The van der Waals surface area contributed by atoms with Crippen LogP contribution in [-0.4, -0.2) is 33.7 Å². The predicted molar refractivity (Wildman–Crippen MR) is 133 cm³/mol. The van der Waals surface area contributed by atoms with E-state index in [2.05, 4.69) is 5.32 Å². The molecule has 0 spiro atoms. The molecule has 6 nitrogen and oxygen atoms in total. The summed E-state index contributed by atoms with van der Waals surface area (Å²) >= 11 is 1.33. The number of amidine groups is 1. The number of nitrogens with zero attached hydrogens (tertiary/aromatic N) is 2. The molecule has 1 aliphatic rings. The largest absolute Gasteiger partial charge is 0.492 e. The second-order valence-electron chi connectivity index (χ2n) is 7.43. The molecule has 4 rings (SSSR count). The van der Waals surface area contributed by atoms with Crippen LogP contribution in [0.3, 0.4) is 0 Å². The Hall–Kier alpha value is -3.58. The summed E-state index contributed by atoms with van der Waals surface area (Å²) in [5.74, 6) is 0.246. The summed E-state index contributed by atoms with van der Waals surface area (Å²) in [6.45, 7) is 2.79. The van der Waals surface area contributed by atoms with E-state index in [0.29, 0.717) is 29.8 Å². The number of ether oxygens (including phenoxy) is 1. The summed E-state index contributed by atoms with van der Waals surface area (Å²) in [4.78, 5) is 32.5. The number of benzene rings is 3. The fourth-order valence-electron chi connectivity index (χ4n) is 3.47. The van der Waals surface area contributed by atoms with E-state index in [0.717, 1.165) is 11.3 Å². The summed E-state index contributed by atoms with van der Waals surface area (Å²) in [5, 5.41) is 2.94. The summed E-state index contributed by atoms with van der Waals surface area (Å²) < 4.78 is 5.58. The van der Waals surface area contributed by atoms with E-state index in [1.165, 1.54) is 11.8 Å². The molecule has 1 fully saturated rings. The first kappa shape index (κ1) is 22.6. The van der Waals surface area contributed by atoms with E-state index in [9.17, 15) is 9.59 Å². The molecule has 1 unspecified atom stereocenters. The van der Waals surface area contributed by atoms with Gasteiger partial charge in [-0.2, -0.15) is 0 Å². The Kier molecular flexibility index (Phi) is 7.42. The van der Waals surface area contributed by atoms with Gasteiger partial charge in [-0.1, -0.05) is 72.4 Å². The molecule has 3 aromatic carbocycles. The van der Waals surface area contributed by atoms with Gasteiger partial charge >= 0.3 is 0 Å². The van der Waals surface area contributed by atoms with Crippen LogP contribution in [0.2, 0.25) is 0 Å². The molecule has 1 saturated heterocycles. The average molecular weight is 460 g/mol. The Morgan fingerprint density at radius 3 is 2.39 bits per heavy atom. The van der Waals surface area contributed by atoms with Crippen molar-refractivity contribution in [2.45, 2.75) is 25.1 Å². The molecule has 3 aromatic rings. The maximum absolute atomic E-state index is 13.3. The molecule has 7 heteroatoms. The molecule has 2 amide bonds. The number of hydrogen-bond donors (Lipinski definition) is 1. The van der Waals surface area contributed by atoms with Gasteiger partial charge in [0, 0.05) is 6.42 Å². The van der Waals surface area contributed by atoms with Crippen molar-refractivity contribution in [3.8, 4) is 5.75 Å². The third-order valence-corrected chi connectivity index (χ3v) is 6.19. The van der Waals surface area contributed by atoms with Crippen LogP contribution < -0.4 is 10.1 Å². The van der Waals surface area contributed by atoms with Crippen LogP contribution in [0.15, 0.2) is 89.9 Å². The van der Waals surface area contributed by atoms with E-state index in [1.54, 1.807) is 17.0 Å². The first-order valence-electron chi connectivity index (χ1n) is 10.8. The van der Waals surface area contributed by atoms with Gasteiger partial charge in [0.05, 0.1) is 24.5 Å². The van der Waals surface area contributed by atoms with Crippen LogP contribution in [0, 0.1) is 0 Å². The van der Waals surface area contributed by atoms with Crippen molar-refractivity contribution >= 4 is 40.1 Å². The van der Waals surface area contributed by atoms with Gasteiger partial charge in [-0.25, -0.2) is 4.99 Å². The lowest BCUT2D eigenvalue weighted by Gasteiger charge is -2.16. The van der Waals surface area contributed by atoms with Gasteiger partial charge in [0.15, 0.2) is 5.17 Å². The highest BCUT2D eigenvalue weighted by Gasteiger charge is 2.39. The van der Waals surface area contributed by atoms with Crippen LogP contribution >= 0.6 is 11.8 Å². The lowest BCUT2D eigenvalue weighted by atomic mass is 10.2. The molecule has 0 aromatic heterocycles. The SMILES string of the molecule is CCOc1ccccc1NC(=O)CC1SC(=Nc2ccccc2)N(Cc2ccccc2)C1=O. The summed E-state index contributed by atoms with van der Waals surface area (Å²) in [6.07, 6.45) is 0.0447. The molecular formula is C26H25N3O3S. The van der Waals surface area contributed by atoms with Gasteiger partial charge < -0.3 is 10.1 Å². The van der Waals surface area contributed by atoms with Crippen LogP contribution in [0.1, 0.15) is 18.9 Å². The number of carbonyl (C=O) groups is 2. The van der Waals surface area contributed by atoms with Crippen molar-refractivity contribution in [3.63, 3.8) is 0 Å². The Labute approximate surface area is 197 Å². The van der Waals surface area contributed by atoms with Crippen LogP contribution in [0.4, 0.5) is 11.4 Å². The van der Waals surface area contributed by atoms with Gasteiger partial charge in [0.25, 0.3) is 0 Å². The van der Waals surface area contributed by atoms with Gasteiger partial charge in [-0.15, -0.1) is 0 Å². The third-order valence-electron chi connectivity index (χ3n) is 5.02. The first-order valence-corrected chi connectivity index (χ1v) is 11.7. The van der Waals surface area contributed by atoms with Crippen LogP contribution in [0.25, 0.3) is 0 Å². The number of rotatable bonds is 8. The fraction of sp³-hybridized carbons (Fsp3) is 0.192. The van der Waals surface area contributed by atoms with E-state index in [4.69, 9.17) is 9.73 Å². The molecule has 0 bridgehead atoms. The predicted octanol–water partition coefficient (Wildman–Crippen LogP) is 5.25. The van der Waals surface area contributed by atoms with Gasteiger partial charge in [0.1, 0.15) is 11.0 Å². The number of thioether (sulfide) groups is 1. The maximum Gasteiger partial charge on any atom is 0.242 e. The molecule has 0 radical (unpaired) electrons. The molecule has 0 aliphatic carbocycles. The molecule has 1 N–H and O–H groups in total. The van der Waals surface area contributed by atoms with Crippen molar-refractivity contribution in [1.29, 1.82) is 0 Å². The zero-order chi connectivity index (χ0) is 23.0. The Morgan fingerprint density at radius 2 is 1.67 bits per heavy atom. The molecule has 1 atom stereocenters. The second-order valence-corrected chi connectivity index (χ2v) is 8.60. The Bertz CT molecular complexity index is 1140. The summed E-state index contributed by atoms with van der Waals surface area (Å²) in [6, 6.07) is 26.6. The number of aliphatic imine (C=N–C) groups is 1. The zero-order valence-corrected chi connectivity index (χ0v) is 19.1. The minimum absolute atomic E-state index is 0.0447. The quantitative estimate of drug-likeness (QED) is 0.500. The van der Waals surface area contributed by atoms with E-state index in [-0.39, 0.29) is 18.2 Å². The normalized spacial score (nSPS) is 16.8. The van der Waals surface area contributed by atoms with E-state index in [1.807, 2.05) is 79.7 Å². The molecule has 168 valence electrons. The zero-order valence-electron chi connectivity index (χ0n) is 18.3. The second kappa shape index (κ2) is 10.8. The fourth-order valence-corrected chi connectivity index (χ4v) is 4.63. The molecule has 1 aliphatic heterocycles. The summed E-state index contributed by atoms with van der Waals surface area (Å²) in [5.41, 5.74) is 2.36. The van der Waals surface area contributed by atoms with E-state index >= 15 is 0 Å². The minimum atomic E-state index is -0.546. The third kappa shape index (κ3) is 5.81. The van der Waals surface area contributed by atoms with Crippen molar-refractivity contribution in [2.75, 3.05) is 11.9 Å². The minimum Gasteiger partial charge on any atom is -0.492 e. The highest BCUT2D eigenvalue weighted by atomic mass is 32.2. The maximum atomic E-state index is 13.3. The van der Waals surface area contributed by atoms with Crippen molar-refractivity contribution in [3.05, 3.63) is 90.5 Å². The Balaban J connectivity index is 1.52. The number of nitrogens with one attached hydrogen (secondary N) is 1. The average Bonchev–Trinajstić information content (AvgIpc) is 3.10. The Morgan fingerprint density at radius 1 is 1.00 bits per heavy atom. The monoisotopic (exact) mass is 459 g/mol. The van der Waals surface area contributed by atoms with Crippen molar-refractivity contribution in [1.82, 2.24) is 4.90 Å². The standard InChI is InChI=1S/C26H25N3O3S/c1-2-32-22-16-10-9-15-21(22)28-24(30)17-23-25(31)29(18-19-11-5-3-6-12-19)26(33-23)27-20-13-7-4-8-14-20/h3-16,23H,2,17-18H2,1H3,(H,28,30). The summed E-state index contributed by atoms with van der Waals surface area (Å²) in [7, 11) is 0. The molecular weight excluding hydrogens is 434 g/mol. The van der Waals surface area contributed by atoms with Gasteiger partial charge in [0.2, 0.25) is 11.8 Å². The van der Waals surface area contributed by atoms with E-state index < -0.39 is 5.25 Å². The number of carbonyl (C=O) groups excluding carboxylic acids is 2. The topological polar surface area (TPSA) is 71.0 Å². The van der Waals surface area contributed by atoms with Gasteiger partial charge in [-0.05, 0) is 36.8 Å². The van der Waals surface area contributed by atoms with Crippen LogP contribution in [0.5, 0.6) is 5.75 Å². The van der Waals surface area contributed by atoms with Crippen LogP contribution in [-0.2, 0) is 16.1 Å².